The lowest BCUT2D eigenvalue weighted by molar-refractivity contribution is 0.0622. The van der Waals surface area contributed by atoms with E-state index in [1.165, 1.54) is 5.57 Å². The predicted octanol–water partition coefficient (Wildman–Crippen LogP) is 2.77. The minimum atomic E-state index is 0.184. The number of nitrogens with zero attached hydrogens (tertiary/aromatic N) is 1. The van der Waals surface area contributed by atoms with Gasteiger partial charge in [0.25, 0.3) is 0 Å². The van der Waals surface area contributed by atoms with Crippen molar-refractivity contribution >= 4 is 5.69 Å². The fraction of sp³-hybridized carbons (Fsp3) is 0.333. The first-order chi connectivity index (χ1) is 6.77. The lowest BCUT2D eigenvalue weighted by atomic mass is 10.1. The van der Waals surface area contributed by atoms with Crippen molar-refractivity contribution in [2.24, 2.45) is 0 Å². The van der Waals surface area contributed by atoms with Gasteiger partial charge in [0.1, 0.15) is 6.10 Å². The summed E-state index contributed by atoms with van der Waals surface area (Å²) in [5.74, 6) is 0. The molecule has 14 heavy (non-hydrogen) atoms. The van der Waals surface area contributed by atoms with Crippen LogP contribution in [-0.4, -0.2) is 12.6 Å². The van der Waals surface area contributed by atoms with Crippen LogP contribution in [0.25, 0.3) is 0 Å². The van der Waals surface area contributed by atoms with Gasteiger partial charge in [-0.15, -0.1) is 0 Å². The Bertz CT molecular complexity index is 331. The van der Waals surface area contributed by atoms with Crippen molar-refractivity contribution in [3.05, 3.63) is 42.0 Å². The Morgan fingerprint density at radius 2 is 2.00 bits per heavy atom. The summed E-state index contributed by atoms with van der Waals surface area (Å²) in [6.45, 7) is 5.01. The molecule has 2 rings (SSSR count). The Hall–Kier alpha value is -1.28. The van der Waals surface area contributed by atoms with Gasteiger partial charge in [0.2, 0.25) is 0 Å². The first-order valence-electron chi connectivity index (χ1n) is 4.93. The van der Waals surface area contributed by atoms with Crippen LogP contribution in [0, 0.1) is 0 Å². The van der Waals surface area contributed by atoms with E-state index < -0.39 is 0 Å². The highest BCUT2D eigenvalue weighted by atomic mass is 16.7. The number of rotatable bonds is 1. The van der Waals surface area contributed by atoms with E-state index in [9.17, 15) is 0 Å². The summed E-state index contributed by atoms with van der Waals surface area (Å²) < 4.78 is 0. The van der Waals surface area contributed by atoms with Gasteiger partial charge in [-0.05, 0) is 31.6 Å². The van der Waals surface area contributed by atoms with Gasteiger partial charge in [0, 0.05) is 0 Å². The van der Waals surface area contributed by atoms with Crippen LogP contribution in [0.4, 0.5) is 5.69 Å². The molecule has 1 atom stereocenters. The monoisotopic (exact) mass is 189 g/mol. The molecule has 2 heteroatoms. The maximum absolute atomic E-state index is 5.75. The van der Waals surface area contributed by atoms with Gasteiger partial charge in [-0.1, -0.05) is 24.3 Å². The highest BCUT2D eigenvalue weighted by Gasteiger charge is 2.16. The number of anilines is 1. The van der Waals surface area contributed by atoms with Gasteiger partial charge >= 0.3 is 0 Å². The van der Waals surface area contributed by atoms with Crippen molar-refractivity contribution in [2.45, 2.75) is 20.0 Å². The number of hydroxylamine groups is 1. The molecule has 0 saturated carbocycles. The fourth-order valence-electron chi connectivity index (χ4n) is 1.47. The fourth-order valence-corrected chi connectivity index (χ4v) is 1.47. The van der Waals surface area contributed by atoms with E-state index in [1.807, 2.05) is 23.3 Å². The number of benzene rings is 1. The zero-order valence-corrected chi connectivity index (χ0v) is 8.60. The second-order valence-electron chi connectivity index (χ2n) is 3.59. The predicted molar refractivity (Wildman–Crippen MR) is 58.1 cm³/mol. The van der Waals surface area contributed by atoms with Gasteiger partial charge < -0.3 is 0 Å². The van der Waals surface area contributed by atoms with Crippen LogP contribution in [0.2, 0.25) is 0 Å². The standard InChI is InChI=1S/C12H15NO/c1-10-8-9-13(14-11(10)2)12-6-4-3-5-7-12/h3-8,11H,9H2,1-2H3/t11-/m1/s1. The summed E-state index contributed by atoms with van der Waals surface area (Å²) >= 11 is 0. The van der Waals surface area contributed by atoms with Crippen molar-refractivity contribution in [1.29, 1.82) is 0 Å². The van der Waals surface area contributed by atoms with Crippen LogP contribution in [0.1, 0.15) is 13.8 Å². The largest absolute Gasteiger partial charge is 0.266 e. The Labute approximate surface area is 84.8 Å². The smallest absolute Gasteiger partial charge is 0.104 e. The molecule has 1 aromatic rings. The van der Waals surface area contributed by atoms with E-state index in [0.717, 1.165) is 12.2 Å². The van der Waals surface area contributed by atoms with Crippen molar-refractivity contribution < 1.29 is 4.84 Å². The van der Waals surface area contributed by atoms with E-state index >= 15 is 0 Å². The molecular formula is C12H15NO. The second-order valence-corrected chi connectivity index (χ2v) is 3.59. The molecule has 0 aliphatic carbocycles. The third kappa shape index (κ3) is 1.80. The van der Waals surface area contributed by atoms with Crippen LogP contribution < -0.4 is 5.06 Å². The molecule has 0 spiro atoms. The van der Waals surface area contributed by atoms with Gasteiger partial charge in [0.15, 0.2) is 0 Å². The molecular weight excluding hydrogens is 174 g/mol. The Kier molecular flexibility index (Phi) is 2.55. The molecule has 1 heterocycles. The van der Waals surface area contributed by atoms with Gasteiger partial charge in [-0.25, -0.2) is 5.06 Å². The molecule has 0 unspecified atom stereocenters. The molecule has 0 N–H and O–H groups in total. The molecule has 1 aromatic carbocycles. The van der Waals surface area contributed by atoms with Crippen LogP contribution in [0.5, 0.6) is 0 Å². The summed E-state index contributed by atoms with van der Waals surface area (Å²) in [5.41, 5.74) is 2.42. The van der Waals surface area contributed by atoms with Crippen molar-refractivity contribution in [3.63, 3.8) is 0 Å². The van der Waals surface area contributed by atoms with E-state index in [0.29, 0.717) is 0 Å². The van der Waals surface area contributed by atoms with Gasteiger partial charge in [0.05, 0.1) is 12.2 Å². The molecule has 2 nitrogen and oxygen atoms in total. The lowest BCUT2D eigenvalue weighted by Gasteiger charge is -2.31. The maximum atomic E-state index is 5.75. The summed E-state index contributed by atoms with van der Waals surface area (Å²) in [7, 11) is 0. The van der Waals surface area contributed by atoms with Gasteiger partial charge in [-0.2, -0.15) is 0 Å². The van der Waals surface area contributed by atoms with E-state index in [2.05, 4.69) is 32.1 Å². The first-order valence-corrected chi connectivity index (χ1v) is 4.93. The highest BCUT2D eigenvalue weighted by molar-refractivity contribution is 5.44. The maximum Gasteiger partial charge on any atom is 0.104 e. The molecule has 0 aromatic heterocycles. The third-order valence-corrected chi connectivity index (χ3v) is 2.55. The molecule has 0 fully saturated rings. The zero-order valence-electron chi connectivity index (χ0n) is 8.60. The average Bonchev–Trinajstić information content (AvgIpc) is 2.23. The molecule has 74 valence electrons. The van der Waals surface area contributed by atoms with Crippen LogP contribution in [0.3, 0.4) is 0 Å². The Morgan fingerprint density at radius 3 is 2.64 bits per heavy atom. The summed E-state index contributed by atoms with van der Waals surface area (Å²) in [6, 6.07) is 10.2. The summed E-state index contributed by atoms with van der Waals surface area (Å²) in [4.78, 5) is 5.75. The highest BCUT2D eigenvalue weighted by Crippen LogP contribution is 2.21. The Balaban J connectivity index is 2.16. The number of hydrogen-bond donors (Lipinski definition) is 0. The molecule has 0 amide bonds. The minimum Gasteiger partial charge on any atom is -0.266 e. The first kappa shape index (κ1) is 9.28. The zero-order chi connectivity index (χ0) is 9.97. The number of hydrogen-bond acceptors (Lipinski definition) is 2. The second kappa shape index (κ2) is 3.84. The van der Waals surface area contributed by atoms with Crippen LogP contribution in [-0.2, 0) is 4.84 Å². The minimum absolute atomic E-state index is 0.184. The topological polar surface area (TPSA) is 12.5 Å². The van der Waals surface area contributed by atoms with E-state index in [4.69, 9.17) is 4.84 Å². The van der Waals surface area contributed by atoms with E-state index in [-0.39, 0.29) is 6.10 Å². The van der Waals surface area contributed by atoms with Gasteiger partial charge in [-0.3, -0.25) is 4.84 Å². The molecule has 1 aliphatic heterocycles. The SMILES string of the molecule is CC1=CCN(c2ccccc2)O[C@@H]1C. The molecule has 0 saturated heterocycles. The summed E-state index contributed by atoms with van der Waals surface area (Å²) in [6.07, 6.45) is 2.39. The van der Waals surface area contributed by atoms with E-state index in [1.54, 1.807) is 0 Å². The quantitative estimate of drug-likeness (QED) is 0.630. The van der Waals surface area contributed by atoms with Crippen LogP contribution >= 0.6 is 0 Å². The molecule has 0 bridgehead atoms. The normalized spacial score (nSPS) is 22.0. The average molecular weight is 189 g/mol. The summed E-state index contributed by atoms with van der Waals surface area (Å²) in [5, 5.41) is 1.93. The number of para-hydroxylation sites is 1. The van der Waals surface area contributed by atoms with Crippen LogP contribution in [0.15, 0.2) is 42.0 Å². The van der Waals surface area contributed by atoms with Crippen molar-refractivity contribution in [2.75, 3.05) is 11.6 Å². The molecule has 0 radical (unpaired) electrons. The third-order valence-electron chi connectivity index (χ3n) is 2.55. The van der Waals surface area contributed by atoms with Crippen molar-refractivity contribution in [3.8, 4) is 0 Å². The van der Waals surface area contributed by atoms with Crippen molar-refractivity contribution in [1.82, 2.24) is 0 Å². The molecule has 1 aliphatic rings. The lowest BCUT2D eigenvalue weighted by Crippen LogP contribution is -2.33. The Morgan fingerprint density at radius 1 is 1.29 bits per heavy atom.